The monoisotopic (exact) mass is 579 g/mol. The van der Waals surface area contributed by atoms with Gasteiger partial charge in [-0.3, -0.25) is 19.9 Å². The van der Waals surface area contributed by atoms with Gasteiger partial charge in [-0.1, -0.05) is 12.1 Å². The van der Waals surface area contributed by atoms with E-state index in [1.54, 1.807) is 24.8 Å². The van der Waals surface area contributed by atoms with Crippen LogP contribution in [0.25, 0.3) is 32.9 Å². The SMILES string of the molecule is Cc1cc(C)c2ccc3c(C)cc(C)nc3c2n1.[Re].c1cc(-c2ccncc2)ccn1. The number of hydrogen-bond donors (Lipinski definition) is 0. The molecular weight excluding hydrogens is 555 g/mol. The molecule has 0 saturated carbocycles. The van der Waals surface area contributed by atoms with Crippen LogP contribution in [0.1, 0.15) is 22.5 Å². The van der Waals surface area contributed by atoms with Gasteiger partial charge in [-0.05, 0) is 86.3 Å². The predicted octanol–water partition coefficient (Wildman–Crippen LogP) is 6.16. The number of aromatic nitrogens is 4. The van der Waals surface area contributed by atoms with Crippen LogP contribution in [0.15, 0.2) is 73.3 Å². The van der Waals surface area contributed by atoms with Gasteiger partial charge in [0.25, 0.3) is 0 Å². The topological polar surface area (TPSA) is 51.6 Å². The van der Waals surface area contributed by atoms with Gasteiger partial charge < -0.3 is 0 Å². The van der Waals surface area contributed by atoms with E-state index in [0.29, 0.717) is 0 Å². The van der Waals surface area contributed by atoms with Crippen LogP contribution in [0.4, 0.5) is 0 Å². The molecule has 31 heavy (non-hydrogen) atoms. The summed E-state index contributed by atoms with van der Waals surface area (Å²) in [7, 11) is 0. The van der Waals surface area contributed by atoms with Crippen LogP contribution >= 0.6 is 0 Å². The quantitative estimate of drug-likeness (QED) is 0.224. The summed E-state index contributed by atoms with van der Waals surface area (Å²) < 4.78 is 0. The molecule has 0 N–H and O–H groups in total. The molecule has 0 aliphatic carbocycles. The summed E-state index contributed by atoms with van der Waals surface area (Å²) in [4.78, 5) is 17.3. The Kier molecular flexibility index (Phi) is 7.22. The van der Waals surface area contributed by atoms with Gasteiger partial charge in [-0.15, -0.1) is 0 Å². The molecular formula is C26H24N4Re. The summed E-state index contributed by atoms with van der Waals surface area (Å²) in [5, 5.41) is 2.40. The Morgan fingerprint density at radius 1 is 0.516 bits per heavy atom. The molecule has 5 aromatic rings. The van der Waals surface area contributed by atoms with Crippen LogP contribution in [0.2, 0.25) is 0 Å². The minimum Gasteiger partial charge on any atom is -0.265 e. The number of aryl methyl sites for hydroxylation is 4. The van der Waals surface area contributed by atoms with Gasteiger partial charge in [0.15, 0.2) is 0 Å². The minimum absolute atomic E-state index is 0. The molecule has 5 heteroatoms. The molecule has 0 spiro atoms. The van der Waals surface area contributed by atoms with E-state index in [2.05, 4.69) is 58.0 Å². The van der Waals surface area contributed by atoms with Crippen molar-refractivity contribution in [1.82, 2.24) is 19.9 Å². The normalized spacial score (nSPS) is 10.3. The molecule has 0 unspecified atom stereocenters. The fourth-order valence-electron chi connectivity index (χ4n) is 3.73. The van der Waals surface area contributed by atoms with Crippen molar-refractivity contribution in [1.29, 1.82) is 0 Å². The first kappa shape index (κ1) is 22.7. The summed E-state index contributed by atoms with van der Waals surface area (Å²) in [5.74, 6) is 0. The number of nitrogens with zero attached hydrogens (tertiary/aromatic N) is 4. The number of rotatable bonds is 1. The van der Waals surface area contributed by atoms with Gasteiger partial charge in [-0.2, -0.15) is 0 Å². The van der Waals surface area contributed by atoms with Crippen molar-refractivity contribution in [3.63, 3.8) is 0 Å². The second-order valence-corrected chi connectivity index (χ2v) is 7.49. The summed E-state index contributed by atoms with van der Waals surface area (Å²) in [6.45, 7) is 8.33. The van der Waals surface area contributed by atoms with Crippen molar-refractivity contribution < 1.29 is 20.4 Å². The van der Waals surface area contributed by atoms with Gasteiger partial charge in [0.05, 0.1) is 11.0 Å². The van der Waals surface area contributed by atoms with Crippen molar-refractivity contribution in [2.24, 2.45) is 0 Å². The van der Waals surface area contributed by atoms with E-state index in [1.807, 2.05) is 38.1 Å². The predicted molar refractivity (Wildman–Crippen MR) is 123 cm³/mol. The number of pyridine rings is 4. The van der Waals surface area contributed by atoms with Gasteiger partial charge >= 0.3 is 0 Å². The van der Waals surface area contributed by atoms with Crippen LogP contribution < -0.4 is 0 Å². The third-order valence-electron chi connectivity index (χ3n) is 5.12. The third-order valence-corrected chi connectivity index (χ3v) is 5.12. The van der Waals surface area contributed by atoms with Crippen LogP contribution in [0.3, 0.4) is 0 Å². The van der Waals surface area contributed by atoms with Crippen LogP contribution in [-0.4, -0.2) is 19.9 Å². The van der Waals surface area contributed by atoms with Gasteiger partial charge in [-0.25, -0.2) is 0 Å². The van der Waals surface area contributed by atoms with Gasteiger partial charge in [0.2, 0.25) is 0 Å². The summed E-state index contributed by atoms with van der Waals surface area (Å²) in [5.41, 5.74) is 9.02. The van der Waals surface area contributed by atoms with Gasteiger partial charge in [0.1, 0.15) is 0 Å². The Bertz CT molecular complexity index is 1220. The summed E-state index contributed by atoms with van der Waals surface area (Å²) in [6, 6.07) is 16.5. The number of hydrogen-bond acceptors (Lipinski definition) is 4. The molecule has 0 fully saturated rings. The molecule has 1 radical (unpaired) electrons. The number of fused-ring (bicyclic) bond motifs is 3. The molecule has 5 rings (SSSR count). The molecule has 0 aliphatic rings. The zero-order chi connectivity index (χ0) is 21.1. The maximum atomic E-state index is 4.68. The van der Waals surface area contributed by atoms with E-state index < -0.39 is 0 Å². The molecule has 0 aliphatic heterocycles. The fraction of sp³-hybridized carbons (Fsp3) is 0.154. The molecule has 0 atom stereocenters. The van der Waals surface area contributed by atoms with E-state index in [-0.39, 0.29) is 20.4 Å². The molecule has 0 saturated heterocycles. The Morgan fingerprint density at radius 3 is 1.23 bits per heavy atom. The van der Waals surface area contributed by atoms with Gasteiger partial charge in [0, 0.05) is 67.4 Å². The summed E-state index contributed by atoms with van der Waals surface area (Å²) >= 11 is 0. The van der Waals surface area contributed by atoms with Crippen molar-refractivity contribution >= 4 is 21.8 Å². The fourth-order valence-corrected chi connectivity index (χ4v) is 3.73. The average Bonchev–Trinajstić information content (AvgIpc) is 2.75. The Labute approximate surface area is 196 Å². The van der Waals surface area contributed by atoms with E-state index in [0.717, 1.165) is 22.4 Å². The first-order valence-corrected chi connectivity index (χ1v) is 9.98. The first-order chi connectivity index (χ1) is 14.5. The zero-order valence-electron chi connectivity index (χ0n) is 18.1. The Hall–Kier alpha value is -3.00. The molecule has 4 heterocycles. The molecule has 0 bridgehead atoms. The minimum atomic E-state index is 0. The van der Waals surface area contributed by atoms with E-state index in [1.165, 1.54) is 33.0 Å². The first-order valence-electron chi connectivity index (χ1n) is 9.98. The Morgan fingerprint density at radius 2 is 0.871 bits per heavy atom. The maximum Gasteiger partial charge on any atom is 0.0970 e. The van der Waals surface area contributed by atoms with Crippen molar-refractivity contribution in [3.05, 3.63) is 95.8 Å². The molecule has 1 aromatic carbocycles. The second-order valence-electron chi connectivity index (χ2n) is 7.49. The largest absolute Gasteiger partial charge is 0.265 e. The van der Waals surface area contributed by atoms with Crippen molar-refractivity contribution in [3.8, 4) is 11.1 Å². The Balaban J connectivity index is 0.000000183. The third kappa shape index (κ3) is 5.02. The second kappa shape index (κ2) is 9.87. The van der Waals surface area contributed by atoms with Crippen molar-refractivity contribution in [2.45, 2.75) is 27.7 Å². The molecule has 4 nitrogen and oxygen atoms in total. The van der Waals surface area contributed by atoms with E-state index in [4.69, 9.17) is 0 Å². The van der Waals surface area contributed by atoms with E-state index in [9.17, 15) is 0 Å². The van der Waals surface area contributed by atoms with Crippen LogP contribution in [0.5, 0.6) is 0 Å². The van der Waals surface area contributed by atoms with E-state index >= 15 is 0 Å². The smallest absolute Gasteiger partial charge is 0.0970 e. The number of benzene rings is 1. The average molecular weight is 579 g/mol. The molecule has 155 valence electrons. The summed E-state index contributed by atoms with van der Waals surface area (Å²) in [6.07, 6.45) is 7.15. The molecule has 0 amide bonds. The molecule has 4 aromatic heterocycles. The standard InChI is InChI=1S/C16H16N2.C10H8N2.Re/c1-9-7-11(3)17-15-13(9)5-6-14-10(2)8-12(4)18-16(14)15;1-5-11-6-2-9(1)10-3-7-12-8-4-10;/h5-8H,1-4H3;1-8H;. The maximum absolute atomic E-state index is 4.68. The van der Waals surface area contributed by atoms with Crippen molar-refractivity contribution in [2.75, 3.05) is 0 Å². The zero-order valence-corrected chi connectivity index (χ0v) is 20.8. The van der Waals surface area contributed by atoms with Crippen LogP contribution in [-0.2, 0) is 20.4 Å². The van der Waals surface area contributed by atoms with Crippen LogP contribution in [0, 0.1) is 27.7 Å².